The maximum atomic E-state index is 13.6. The molecule has 2 rings (SSSR count). The van der Waals surface area contributed by atoms with Crippen LogP contribution in [0.2, 0.25) is 0 Å². The first-order chi connectivity index (χ1) is 22.5. The third kappa shape index (κ3) is 15.0. The fraction of sp³-hybridized carbons (Fsp3) is 0.581. The minimum Gasteiger partial charge on any atom is -0.462 e. The van der Waals surface area contributed by atoms with Gasteiger partial charge in [-0.2, -0.15) is 4.98 Å². The number of carbonyl (C=O) groups excluding carboxylic acids is 3. The molecule has 0 aliphatic rings. The molecule has 0 spiro atoms. The van der Waals surface area contributed by atoms with E-state index in [0.717, 1.165) is 21.9 Å². The molecule has 268 valence electrons. The second-order valence-electron chi connectivity index (χ2n) is 12.0. The van der Waals surface area contributed by atoms with Crippen LogP contribution in [-0.2, 0) is 44.0 Å². The van der Waals surface area contributed by atoms with Crippen molar-refractivity contribution in [1.29, 1.82) is 0 Å². The van der Waals surface area contributed by atoms with Crippen molar-refractivity contribution < 1.29 is 47.3 Å². The number of amides is 1. The predicted molar refractivity (Wildman–Crippen MR) is 180 cm³/mol. The highest BCUT2D eigenvalue weighted by Crippen LogP contribution is 2.45. The summed E-state index contributed by atoms with van der Waals surface area (Å²) in [5.74, 6) is -0.520. The van der Waals surface area contributed by atoms with Crippen molar-refractivity contribution in [2.24, 2.45) is 5.41 Å². The number of nitrogens with zero attached hydrogens (tertiary/aromatic N) is 2. The zero-order valence-corrected chi connectivity index (χ0v) is 30.1. The number of rotatable bonds is 19. The van der Waals surface area contributed by atoms with Gasteiger partial charge in [0.1, 0.15) is 24.7 Å². The average Bonchev–Trinajstić information content (AvgIpc) is 3.01. The standard InChI is InChI=1S/C31H47N4O11PS/c1-21(2)46-27(37)22(3)34-47(41,44-17-18-48-28(38)31(4,5)6)45-20-24(42-7)13-14-26(36)35-16-15-25(32-29(35)39)33-30(40)43-19-23-11-9-8-10-12-23/h8-12,15-16,21-22,24,26,36H,13-14,17-20H2,1-7H3,(H,34,41)(H,32,33,39,40). The Hall–Kier alpha value is -3.11. The molecule has 4 unspecified atom stereocenters. The minimum atomic E-state index is -4.12. The lowest BCUT2D eigenvalue weighted by Crippen LogP contribution is -2.36. The van der Waals surface area contributed by atoms with E-state index in [0.29, 0.717) is 0 Å². The molecule has 0 saturated carbocycles. The molecule has 3 N–H and O–H groups in total. The van der Waals surface area contributed by atoms with Gasteiger partial charge in [-0.15, -0.1) is 0 Å². The highest BCUT2D eigenvalue weighted by atomic mass is 32.2. The van der Waals surface area contributed by atoms with Crippen LogP contribution in [0, 0.1) is 5.41 Å². The van der Waals surface area contributed by atoms with Gasteiger partial charge in [0, 0.05) is 24.5 Å². The molecule has 1 heterocycles. The first-order valence-corrected chi connectivity index (χ1v) is 17.9. The van der Waals surface area contributed by atoms with Gasteiger partial charge in [-0.05, 0) is 45.2 Å². The van der Waals surface area contributed by atoms with Crippen LogP contribution in [-0.4, -0.2) is 76.2 Å². The van der Waals surface area contributed by atoms with Crippen molar-refractivity contribution in [2.45, 2.75) is 85.5 Å². The van der Waals surface area contributed by atoms with E-state index in [-0.39, 0.29) is 49.3 Å². The number of aliphatic hydroxyl groups excluding tert-OH is 1. The molecule has 17 heteroatoms. The van der Waals surface area contributed by atoms with Crippen LogP contribution in [0.5, 0.6) is 0 Å². The Labute approximate surface area is 285 Å². The summed E-state index contributed by atoms with van der Waals surface area (Å²) in [6.45, 7) is 9.81. The normalized spacial score (nSPS) is 14.9. The van der Waals surface area contributed by atoms with Crippen LogP contribution in [0.25, 0.3) is 0 Å². The van der Waals surface area contributed by atoms with Crippen LogP contribution >= 0.6 is 19.5 Å². The van der Waals surface area contributed by atoms with Crippen LogP contribution in [0.3, 0.4) is 0 Å². The molecule has 1 aromatic heterocycles. The minimum absolute atomic E-state index is 0.0105. The number of aliphatic hydroxyl groups is 1. The summed E-state index contributed by atoms with van der Waals surface area (Å²) in [7, 11) is -2.73. The third-order valence-electron chi connectivity index (χ3n) is 6.35. The lowest BCUT2D eigenvalue weighted by molar-refractivity contribution is -0.149. The monoisotopic (exact) mass is 714 g/mol. The molecule has 1 amide bonds. The summed E-state index contributed by atoms with van der Waals surface area (Å²) < 4.78 is 41.5. The van der Waals surface area contributed by atoms with Gasteiger partial charge in [-0.3, -0.25) is 28.5 Å². The topological polar surface area (TPSA) is 194 Å². The molecular weight excluding hydrogens is 667 g/mol. The van der Waals surface area contributed by atoms with Gasteiger partial charge in [0.2, 0.25) is 0 Å². The van der Waals surface area contributed by atoms with Crippen LogP contribution < -0.4 is 16.1 Å². The van der Waals surface area contributed by atoms with Crippen molar-refractivity contribution >= 4 is 42.5 Å². The van der Waals surface area contributed by atoms with Crippen LogP contribution in [0.15, 0.2) is 47.4 Å². The van der Waals surface area contributed by atoms with E-state index in [1.165, 1.54) is 26.3 Å². The van der Waals surface area contributed by atoms with Crippen molar-refractivity contribution in [3.8, 4) is 0 Å². The fourth-order valence-corrected chi connectivity index (χ4v) is 6.15. The highest BCUT2D eigenvalue weighted by molar-refractivity contribution is 8.13. The maximum absolute atomic E-state index is 13.6. The largest absolute Gasteiger partial charge is 0.462 e. The number of methoxy groups -OCH3 is 1. The van der Waals surface area contributed by atoms with Gasteiger partial charge in [0.15, 0.2) is 5.12 Å². The number of hydrogen-bond acceptors (Lipinski definition) is 13. The molecule has 2 aromatic rings. The molecule has 48 heavy (non-hydrogen) atoms. The van der Waals surface area contributed by atoms with Gasteiger partial charge < -0.3 is 19.3 Å². The van der Waals surface area contributed by atoms with Gasteiger partial charge in [-0.25, -0.2) is 19.2 Å². The summed E-state index contributed by atoms with van der Waals surface area (Å²) in [5.41, 5.74) is -0.596. The van der Waals surface area contributed by atoms with Crippen molar-refractivity contribution in [3.05, 3.63) is 58.6 Å². The Morgan fingerprint density at radius 3 is 2.35 bits per heavy atom. The Morgan fingerprint density at radius 1 is 1.06 bits per heavy atom. The number of hydrogen-bond donors (Lipinski definition) is 3. The lowest BCUT2D eigenvalue weighted by atomic mass is 10.00. The molecule has 0 bridgehead atoms. The van der Waals surface area contributed by atoms with Gasteiger partial charge in [0.25, 0.3) is 0 Å². The summed E-state index contributed by atoms with van der Waals surface area (Å²) in [4.78, 5) is 53.1. The Morgan fingerprint density at radius 2 is 1.75 bits per heavy atom. The molecule has 15 nitrogen and oxygen atoms in total. The van der Waals surface area contributed by atoms with Gasteiger partial charge in [0.05, 0.1) is 25.4 Å². The SMILES string of the molecule is COC(CCC(O)n1ccc(NC(=O)OCc2ccccc2)nc1=O)COP(=O)(NC(C)C(=O)OC(C)C)OCCSC(=O)C(C)(C)C. The van der Waals surface area contributed by atoms with E-state index < -0.39 is 55.4 Å². The third-order valence-corrected chi connectivity index (χ3v) is 9.31. The molecule has 4 atom stereocenters. The summed E-state index contributed by atoms with van der Waals surface area (Å²) in [6.07, 6.45) is -1.79. The van der Waals surface area contributed by atoms with Crippen molar-refractivity contribution in [2.75, 3.05) is 31.4 Å². The zero-order valence-electron chi connectivity index (χ0n) is 28.4. The number of esters is 1. The molecule has 0 radical (unpaired) electrons. The molecule has 0 fully saturated rings. The number of aromatic nitrogens is 2. The van der Waals surface area contributed by atoms with E-state index in [2.05, 4.69) is 15.4 Å². The molecule has 1 aromatic carbocycles. The summed E-state index contributed by atoms with van der Waals surface area (Å²) in [5, 5.41) is 15.6. The molecule has 0 saturated heterocycles. The number of carbonyl (C=O) groups is 3. The first kappa shape index (κ1) is 41.1. The highest BCUT2D eigenvalue weighted by Gasteiger charge is 2.32. The molecular formula is C31H47N4O11PS. The van der Waals surface area contributed by atoms with E-state index in [1.54, 1.807) is 46.8 Å². The maximum Gasteiger partial charge on any atom is 0.413 e. The lowest BCUT2D eigenvalue weighted by Gasteiger charge is -2.25. The second kappa shape index (κ2) is 19.8. The molecule has 0 aliphatic carbocycles. The Kier molecular flexibility index (Phi) is 16.9. The quantitative estimate of drug-likeness (QED) is 0.103. The van der Waals surface area contributed by atoms with Gasteiger partial charge in [-0.1, -0.05) is 62.9 Å². The Balaban J connectivity index is 1.96. The average molecular weight is 715 g/mol. The van der Waals surface area contributed by atoms with Crippen LogP contribution in [0.1, 0.15) is 66.2 Å². The fourth-order valence-electron chi connectivity index (χ4n) is 3.74. The summed E-state index contributed by atoms with van der Waals surface area (Å²) >= 11 is 1.03. The van der Waals surface area contributed by atoms with Crippen molar-refractivity contribution in [3.63, 3.8) is 0 Å². The zero-order chi connectivity index (χ0) is 35.9. The second-order valence-corrected chi connectivity index (χ2v) is 14.8. The Bertz CT molecular complexity index is 1440. The number of benzene rings is 1. The first-order valence-electron chi connectivity index (χ1n) is 15.4. The number of anilines is 1. The number of nitrogens with one attached hydrogen (secondary N) is 2. The van der Waals surface area contributed by atoms with E-state index in [1.807, 2.05) is 18.2 Å². The number of thioether (sulfide) groups is 1. The van der Waals surface area contributed by atoms with E-state index in [9.17, 15) is 28.8 Å². The summed E-state index contributed by atoms with van der Waals surface area (Å²) in [6, 6.07) is 9.34. The van der Waals surface area contributed by atoms with E-state index >= 15 is 0 Å². The van der Waals surface area contributed by atoms with Crippen molar-refractivity contribution in [1.82, 2.24) is 14.6 Å². The van der Waals surface area contributed by atoms with Crippen LogP contribution in [0.4, 0.5) is 10.6 Å². The van der Waals surface area contributed by atoms with E-state index in [4.69, 9.17) is 23.3 Å². The molecule has 0 aliphatic heterocycles. The van der Waals surface area contributed by atoms with Gasteiger partial charge >= 0.3 is 25.5 Å². The predicted octanol–water partition coefficient (Wildman–Crippen LogP) is 4.66. The number of ether oxygens (including phenoxy) is 3. The smallest absolute Gasteiger partial charge is 0.413 e.